The summed E-state index contributed by atoms with van der Waals surface area (Å²) in [5.41, 5.74) is 0.938. The predicted octanol–water partition coefficient (Wildman–Crippen LogP) is 1.28. The molecule has 0 aromatic carbocycles. The molecule has 17 heavy (non-hydrogen) atoms. The molecule has 2 N–H and O–H groups in total. The van der Waals surface area contributed by atoms with Crippen LogP contribution in [0.5, 0.6) is 0 Å². The van der Waals surface area contributed by atoms with Gasteiger partial charge < -0.3 is 15.3 Å². The molecule has 1 aromatic heterocycles. The van der Waals surface area contributed by atoms with Crippen molar-refractivity contribution in [1.29, 1.82) is 0 Å². The molecular weight excluding hydrogens is 240 g/mol. The van der Waals surface area contributed by atoms with Gasteiger partial charge in [-0.05, 0) is 12.8 Å². The van der Waals surface area contributed by atoms with Crippen LogP contribution in [0.15, 0.2) is 6.07 Å². The lowest BCUT2D eigenvalue weighted by Gasteiger charge is -2.43. The normalized spacial score (nSPS) is 30.8. The summed E-state index contributed by atoms with van der Waals surface area (Å²) in [7, 11) is 0. The largest absolute Gasteiger partial charge is 0.391 e. The van der Waals surface area contributed by atoms with Crippen LogP contribution in [0.1, 0.15) is 19.8 Å². The Morgan fingerprint density at radius 2 is 2.47 bits per heavy atom. The number of nitrogens with zero attached hydrogens (tertiary/aromatic N) is 3. The van der Waals surface area contributed by atoms with Crippen molar-refractivity contribution in [2.24, 2.45) is 0 Å². The number of aliphatic hydroxyl groups is 1. The van der Waals surface area contributed by atoms with Crippen molar-refractivity contribution < 1.29 is 5.11 Å². The molecule has 0 radical (unpaired) electrons. The molecule has 6 heteroatoms. The molecule has 1 fully saturated rings. The maximum absolute atomic E-state index is 9.91. The summed E-state index contributed by atoms with van der Waals surface area (Å²) in [6, 6.07) is 1.82. The first kappa shape index (κ1) is 11.0. The molecule has 0 bridgehead atoms. The van der Waals surface area contributed by atoms with Gasteiger partial charge in [-0.1, -0.05) is 18.5 Å². The van der Waals surface area contributed by atoms with Crippen molar-refractivity contribution in [3.8, 4) is 0 Å². The van der Waals surface area contributed by atoms with E-state index in [-0.39, 0.29) is 11.6 Å². The maximum atomic E-state index is 9.91. The second-order valence-electron chi connectivity index (χ2n) is 4.80. The summed E-state index contributed by atoms with van der Waals surface area (Å²) in [5, 5.41) is 21.5. The fraction of sp³-hybridized carbons (Fsp3) is 0.636. The van der Waals surface area contributed by atoms with Crippen molar-refractivity contribution in [2.45, 2.75) is 31.4 Å². The Morgan fingerprint density at radius 1 is 1.65 bits per heavy atom. The molecule has 2 aliphatic rings. The maximum Gasteiger partial charge on any atom is 0.172 e. The van der Waals surface area contributed by atoms with Gasteiger partial charge in [0.25, 0.3) is 0 Å². The Balaban J connectivity index is 2.08. The third-order valence-corrected chi connectivity index (χ3v) is 4.04. The van der Waals surface area contributed by atoms with E-state index in [1.165, 1.54) is 0 Å². The van der Waals surface area contributed by atoms with Crippen molar-refractivity contribution >= 4 is 23.1 Å². The zero-order valence-corrected chi connectivity index (χ0v) is 10.4. The van der Waals surface area contributed by atoms with Crippen LogP contribution in [-0.2, 0) is 0 Å². The summed E-state index contributed by atoms with van der Waals surface area (Å²) in [4.78, 5) is 2.23. The average molecular weight is 255 g/mol. The van der Waals surface area contributed by atoms with Crippen LogP contribution in [0, 0.1) is 0 Å². The molecule has 0 amide bonds. The van der Waals surface area contributed by atoms with Crippen molar-refractivity contribution in [1.82, 2.24) is 10.2 Å². The molecule has 1 saturated heterocycles. The fourth-order valence-electron chi connectivity index (χ4n) is 2.94. The minimum absolute atomic E-state index is 0.0151. The van der Waals surface area contributed by atoms with E-state index in [2.05, 4.69) is 27.3 Å². The molecule has 0 unspecified atom stereocenters. The summed E-state index contributed by atoms with van der Waals surface area (Å²) in [6.07, 6.45) is 1.49. The molecule has 2 aliphatic heterocycles. The molecule has 5 nitrogen and oxygen atoms in total. The Bertz CT molecular complexity index is 455. The molecule has 3 heterocycles. The van der Waals surface area contributed by atoms with E-state index in [4.69, 9.17) is 11.6 Å². The van der Waals surface area contributed by atoms with Gasteiger partial charge in [0, 0.05) is 19.2 Å². The number of halogens is 1. The highest BCUT2D eigenvalue weighted by Gasteiger charge is 2.47. The van der Waals surface area contributed by atoms with Gasteiger partial charge in [-0.25, -0.2) is 0 Å². The Kier molecular flexibility index (Phi) is 2.41. The molecule has 0 aliphatic carbocycles. The van der Waals surface area contributed by atoms with Crippen LogP contribution in [-0.4, -0.2) is 40.0 Å². The number of hydrogen-bond acceptors (Lipinski definition) is 5. The average Bonchev–Trinajstić information content (AvgIpc) is 2.66. The van der Waals surface area contributed by atoms with Crippen LogP contribution >= 0.6 is 11.6 Å². The van der Waals surface area contributed by atoms with E-state index in [0.717, 1.165) is 30.9 Å². The standard InChI is InChI=1S/C11H15ClN4O/c1-2-11-4-7(17)5-16(11)8-3-9(12)14-15-10(8)13-6-11/h3,7,17H,2,4-6H2,1H3,(H,13,15)/t7-,11-/m1/s1. The van der Waals surface area contributed by atoms with Gasteiger partial charge in [0.15, 0.2) is 11.0 Å². The van der Waals surface area contributed by atoms with Crippen LogP contribution < -0.4 is 10.2 Å². The van der Waals surface area contributed by atoms with Gasteiger partial charge in [-0.3, -0.25) is 0 Å². The number of anilines is 2. The van der Waals surface area contributed by atoms with Gasteiger partial charge >= 0.3 is 0 Å². The zero-order chi connectivity index (χ0) is 12.0. The second kappa shape index (κ2) is 3.71. The van der Waals surface area contributed by atoms with Gasteiger partial charge in [0.2, 0.25) is 0 Å². The highest BCUT2D eigenvalue weighted by Crippen LogP contribution is 2.43. The van der Waals surface area contributed by atoms with E-state index in [9.17, 15) is 5.11 Å². The van der Waals surface area contributed by atoms with E-state index in [1.54, 1.807) is 0 Å². The first-order chi connectivity index (χ1) is 8.14. The quantitative estimate of drug-likeness (QED) is 0.791. The van der Waals surface area contributed by atoms with Crippen molar-refractivity contribution in [3.05, 3.63) is 11.2 Å². The minimum Gasteiger partial charge on any atom is -0.391 e. The summed E-state index contributed by atoms with van der Waals surface area (Å²) in [5.74, 6) is 0.757. The molecule has 3 rings (SSSR count). The summed E-state index contributed by atoms with van der Waals surface area (Å²) in [6.45, 7) is 3.59. The third kappa shape index (κ3) is 1.57. The topological polar surface area (TPSA) is 61.3 Å². The smallest absolute Gasteiger partial charge is 0.172 e. The van der Waals surface area contributed by atoms with E-state index >= 15 is 0 Å². The lowest BCUT2D eigenvalue weighted by molar-refractivity contribution is 0.184. The zero-order valence-electron chi connectivity index (χ0n) is 9.65. The molecule has 2 atom stereocenters. The number of β-amino-alcohol motifs (C(OH)–C–C–N with tert-alkyl or cyclic N) is 1. The van der Waals surface area contributed by atoms with Crippen LogP contribution in [0.4, 0.5) is 11.5 Å². The molecule has 0 spiro atoms. The fourth-order valence-corrected chi connectivity index (χ4v) is 3.08. The number of hydrogen-bond donors (Lipinski definition) is 2. The minimum atomic E-state index is -0.283. The Morgan fingerprint density at radius 3 is 3.24 bits per heavy atom. The van der Waals surface area contributed by atoms with Crippen LogP contribution in [0.25, 0.3) is 0 Å². The lowest BCUT2D eigenvalue weighted by atomic mass is 9.90. The van der Waals surface area contributed by atoms with E-state index < -0.39 is 0 Å². The summed E-state index contributed by atoms with van der Waals surface area (Å²) < 4.78 is 0. The monoisotopic (exact) mass is 254 g/mol. The molecule has 92 valence electrons. The first-order valence-electron chi connectivity index (χ1n) is 5.87. The number of aromatic nitrogens is 2. The third-order valence-electron chi connectivity index (χ3n) is 3.86. The van der Waals surface area contributed by atoms with Crippen molar-refractivity contribution in [2.75, 3.05) is 23.3 Å². The van der Waals surface area contributed by atoms with Gasteiger partial charge in [0.1, 0.15) is 0 Å². The number of rotatable bonds is 1. The Hall–Kier alpha value is -1.07. The predicted molar refractivity (Wildman–Crippen MR) is 66.5 cm³/mol. The number of fused-ring (bicyclic) bond motifs is 3. The van der Waals surface area contributed by atoms with Crippen LogP contribution in [0.3, 0.4) is 0 Å². The number of nitrogens with one attached hydrogen (secondary N) is 1. The molecule has 1 aromatic rings. The molecule has 0 saturated carbocycles. The van der Waals surface area contributed by atoms with Crippen molar-refractivity contribution in [3.63, 3.8) is 0 Å². The van der Waals surface area contributed by atoms with Gasteiger partial charge in [0.05, 0.1) is 17.3 Å². The van der Waals surface area contributed by atoms with Gasteiger partial charge in [-0.2, -0.15) is 0 Å². The summed E-state index contributed by atoms with van der Waals surface area (Å²) >= 11 is 5.90. The second-order valence-corrected chi connectivity index (χ2v) is 5.19. The molecular formula is C11H15ClN4O. The number of aliphatic hydroxyl groups excluding tert-OH is 1. The first-order valence-corrected chi connectivity index (χ1v) is 6.25. The van der Waals surface area contributed by atoms with E-state index in [0.29, 0.717) is 11.7 Å². The highest BCUT2D eigenvalue weighted by molar-refractivity contribution is 6.29. The van der Waals surface area contributed by atoms with Gasteiger partial charge in [-0.15, -0.1) is 10.2 Å². The van der Waals surface area contributed by atoms with E-state index in [1.807, 2.05) is 6.07 Å². The highest BCUT2D eigenvalue weighted by atomic mass is 35.5. The SMILES string of the molecule is CC[C@@]12CNc3nnc(Cl)cc3N1C[C@H](O)C2. The van der Waals surface area contributed by atoms with Crippen LogP contribution in [0.2, 0.25) is 5.15 Å². The lowest BCUT2D eigenvalue weighted by Crippen LogP contribution is -2.52. The Labute approximate surface area is 105 Å².